The van der Waals surface area contributed by atoms with Gasteiger partial charge in [-0.15, -0.1) is 0 Å². The molecule has 1 amide bonds. The molecule has 0 bridgehead atoms. The second-order valence-corrected chi connectivity index (χ2v) is 4.09. The summed E-state index contributed by atoms with van der Waals surface area (Å²) in [7, 11) is 0. The summed E-state index contributed by atoms with van der Waals surface area (Å²) in [5.41, 5.74) is 0.956. The third-order valence-electron chi connectivity index (χ3n) is 2.77. The number of nitrogens with zero attached hydrogens (tertiary/aromatic N) is 3. The SMILES string of the molecule is CCN(CC)C(=O)CCNCc1ccnc(C)n1. The van der Waals surface area contributed by atoms with E-state index in [0.717, 1.165) is 24.6 Å². The average molecular weight is 250 g/mol. The van der Waals surface area contributed by atoms with Gasteiger partial charge in [0.15, 0.2) is 0 Å². The van der Waals surface area contributed by atoms with Crippen molar-refractivity contribution >= 4 is 5.91 Å². The molecule has 100 valence electrons. The van der Waals surface area contributed by atoms with Crippen molar-refractivity contribution in [1.29, 1.82) is 0 Å². The number of amides is 1. The monoisotopic (exact) mass is 250 g/mol. The van der Waals surface area contributed by atoms with Crippen LogP contribution in [-0.2, 0) is 11.3 Å². The van der Waals surface area contributed by atoms with Crippen LogP contribution in [0.1, 0.15) is 31.8 Å². The first-order valence-corrected chi connectivity index (χ1v) is 6.44. The van der Waals surface area contributed by atoms with Crippen molar-refractivity contribution in [1.82, 2.24) is 20.2 Å². The molecular formula is C13H22N4O. The van der Waals surface area contributed by atoms with E-state index in [2.05, 4.69) is 15.3 Å². The van der Waals surface area contributed by atoms with Crippen LogP contribution in [-0.4, -0.2) is 40.4 Å². The lowest BCUT2D eigenvalue weighted by Gasteiger charge is -2.18. The summed E-state index contributed by atoms with van der Waals surface area (Å²) < 4.78 is 0. The van der Waals surface area contributed by atoms with E-state index in [4.69, 9.17) is 0 Å². The Hall–Kier alpha value is -1.49. The van der Waals surface area contributed by atoms with E-state index >= 15 is 0 Å². The van der Waals surface area contributed by atoms with Crippen LogP contribution in [0.5, 0.6) is 0 Å². The Morgan fingerprint density at radius 2 is 2.11 bits per heavy atom. The molecule has 5 heteroatoms. The standard InChI is InChI=1S/C13H22N4O/c1-4-17(5-2)13(18)7-8-14-10-12-6-9-15-11(3)16-12/h6,9,14H,4-5,7-8,10H2,1-3H3. The predicted molar refractivity (Wildman–Crippen MR) is 71.0 cm³/mol. The molecule has 0 aliphatic heterocycles. The van der Waals surface area contributed by atoms with Crippen LogP contribution >= 0.6 is 0 Å². The summed E-state index contributed by atoms with van der Waals surface area (Å²) >= 11 is 0. The lowest BCUT2D eigenvalue weighted by Crippen LogP contribution is -2.32. The lowest BCUT2D eigenvalue weighted by molar-refractivity contribution is -0.130. The van der Waals surface area contributed by atoms with Gasteiger partial charge in [-0.1, -0.05) is 0 Å². The van der Waals surface area contributed by atoms with Gasteiger partial charge in [0, 0.05) is 38.8 Å². The molecule has 0 unspecified atom stereocenters. The largest absolute Gasteiger partial charge is 0.343 e. The van der Waals surface area contributed by atoms with Gasteiger partial charge in [0.05, 0.1) is 5.69 Å². The van der Waals surface area contributed by atoms with Gasteiger partial charge in [0.25, 0.3) is 0 Å². The first kappa shape index (κ1) is 14.6. The first-order valence-electron chi connectivity index (χ1n) is 6.44. The van der Waals surface area contributed by atoms with Crippen LogP contribution in [0.3, 0.4) is 0 Å². The highest BCUT2D eigenvalue weighted by Gasteiger charge is 2.08. The molecule has 18 heavy (non-hydrogen) atoms. The second kappa shape index (κ2) is 7.76. The maximum atomic E-state index is 11.7. The van der Waals surface area contributed by atoms with E-state index < -0.39 is 0 Å². The molecular weight excluding hydrogens is 228 g/mol. The van der Waals surface area contributed by atoms with E-state index in [1.165, 1.54) is 0 Å². The number of aromatic nitrogens is 2. The summed E-state index contributed by atoms with van der Waals surface area (Å²) in [5.74, 6) is 0.972. The van der Waals surface area contributed by atoms with Gasteiger partial charge in [0.1, 0.15) is 5.82 Å². The fourth-order valence-corrected chi connectivity index (χ4v) is 1.75. The van der Waals surface area contributed by atoms with Crippen molar-refractivity contribution < 1.29 is 4.79 Å². The minimum Gasteiger partial charge on any atom is -0.343 e. The second-order valence-electron chi connectivity index (χ2n) is 4.09. The van der Waals surface area contributed by atoms with E-state index in [1.54, 1.807) is 6.20 Å². The summed E-state index contributed by atoms with van der Waals surface area (Å²) in [6.45, 7) is 8.78. The number of hydrogen-bond donors (Lipinski definition) is 1. The highest BCUT2D eigenvalue weighted by atomic mass is 16.2. The van der Waals surface area contributed by atoms with Crippen LogP contribution in [0, 0.1) is 6.92 Å². The topological polar surface area (TPSA) is 58.1 Å². The minimum atomic E-state index is 0.200. The van der Waals surface area contributed by atoms with Crippen molar-refractivity contribution in [3.05, 3.63) is 23.8 Å². The number of rotatable bonds is 7. The van der Waals surface area contributed by atoms with Crippen LogP contribution < -0.4 is 5.32 Å². The zero-order chi connectivity index (χ0) is 13.4. The van der Waals surface area contributed by atoms with E-state index in [1.807, 2.05) is 31.7 Å². The molecule has 1 heterocycles. The molecule has 0 saturated carbocycles. The quantitative estimate of drug-likeness (QED) is 0.737. The zero-order valence-corrected chi connectivity index (χ0v) is 11.4. The highest BCUT2D eigenvalue weighted by molar-refractivity contribution is 5.76. The van der Waals surface area contributed by atoms with Gasteiger partial charge >= 0.3 is 0 Å². The van der Waals surface area contributed by atoms with Gasteiger partial charge in [-0.2, -0.15) is 0 Å². The van der Waals surface area contributed by atoms with Crippen LogP contribution in [0.2, 0.25) is 0 Å². The molecule has 1 N–H and O–H groups in total. The van der Waals surface area contributed by atoms with Crippen molar-refractivity contribution in [2.45, 2.75) is 33.7 Å². The van der Waals surface area contributed by atoms with E-state index in [0.29, 0.717) is 19.5 Å². The molecule has 1 rings (SSSR count). The summed E-state index contributed by atoms with van der Waals surface area (Å²) in [6, 6.07) is 1.88. The Bertz CT molecular complexity index is 377. The van der Waals surface area contributed by atoms with Gasteiger partial charge < -0.3 is 10.2 Å². The molecule has 0 radical (unpaired) electrons. The predicted octanol–water partition coefficient (Wildman–Crippen LogP) is 1.13. The molecule has 0 atom stereocenters. The summed E-state index contributed by atoms with van der Waals surface area (Å²) in [5, 5.41) is 3.23. The number of aryl methyl sites for hydroxylation is 1. The van der Waals surface area contributed by atoms with E-state index in [9.17, 15) is 4.79 Å². The summed E-state index contributed by atoms with van der Waals surface area (Å²) in [6.07, 6.45) is 2.28. The fraction of sp³-hybridized carbons (Fsp3) is 0.615. The Labute approximate surface area is 109 Å². The maximum absolute atomic E-state index is 11.7. The number of hydrogen-bond acceptors (Lipinski definition) is 4. The van der Waals surface area contributed by atoms with Crippen LogP contribution in [0.4, 0.5) is 0 Å². The summed E-state index contributed by atoms with van der Waals surface area (Å²) in [4.78, 5) is 21.9. The molecule has 0 aromatic carbocycles. The zero-order valence-electron chi connectivity index (χ0n) is 11.4. The van der Waals surface area contributed by atoms with Crippen molar-refractivity contribution in [3.8, 4) is 0 Å². The molecule has 0 aliphatic rings. The van der Waals surface area contributed by atoms with Gasteiger partial charge in [-0.25, -0.2) is 9.97 Å². The lowest BCUT2D eigenvalue weighted by atomic mass is 10.3. The Morgan fingerprint density at radius 1 is 1.39 bits per heavy atom. The van der Waals surface area contributed by atoms with E-state index in [-0.39, 0.29) is 5.91 Å². The number of nitrogens with one attached hydrogen (secondary N) is 1. The highest BCUT2D eigenvalue weighted by Crippen LogP contribution is 1.95. The molecule has 0 fully saturated rings. The third-order valence-corrected chi connectivity index (χ3v) is 2.77. The van der Waals surface area contributed by atoms with Gasteiger partial charge in [-0.05, 0) is 26.8 Å². The van der Waals surface area contributed by atoms with Crippen molar-refractivity contribution in [2.75, 3.05) is 19.6 Å². The fourth-order valence-electron chi connectivity index (χ4n) is 1.75. The molecule has 0 spiro atoms. The van der Waals surface area contributed by atoms with Crippen LogP contribution in [0.25, 0.3) is 0 Å². The number of carbonyl (C=O) groups excluding carboxylic acids is 1. The third kappa shape index (κ3) is 4.79. The van der Waals surface area contributed by atoms with Crippen LogP contribution in [0.15, 0.2) is 12.3 Å². The molecule has 1 aromatic rings. The molecule has 0 aliphatic carbocycles. The molecule has 0 saturated heterocycles. The Kier molecular flexibility index (Phi) is 6.28. The maximum Gasteiger partial charge on any atom is 0.223 e. The minimum absolute atomic E-state index is 0.200. The normalized spacial score (nSPS) is 10.4. The van der Waals surface area contributed by atoms with Crippen molar-refractivity contribution in [2.24, 2.45) is 0 Å². The molecule has 5 nitrogen and oxygen atoms in total. The van der Waals surface area contributed by atoms with Gasteiger partial charge in [-0.3, -0.25) is 4.79 Å². The average Bonchev–Trinajstić information content (AvgIpc) is 2.36. The molecule has 1 aromatic heterocycles. The van der Waals surface area contributed by atoms with Gasteiger partial charge in [0.2, 0.25) is 5.91 Å². The number of carbonyl (C=O) groups is 1. The Morgan fingerprint density at radius 3 is 2.72 bits per heavy atom. The Balaban J connectivity index is 2.24. The smallest absolute Gasteiger partial charge is 0.223 e. The van der Waals surface area contributed by atoms with Crippen molar-refractivity contribution in [3.63, 3.8) is 0 Å². The first-order chi connectivity index (χ1) is 8.67.